The molecule has 0 aliphatic heterocycles. The molecule has 1 aromatic carbocycles. The second kappa shape index (κ2) is 6.70. The lowest BCUT2D eigenvalue weighted by molar-refractivity contribution is -0.137. The van der Waals surface area contributed by atoms with E-state index in [4.69, 9.17) is 0 Å². The third kappa shape index (κ3) is 4.64. The highest BCUT2D eigenvalue weighted by Gasteiger charge is 2.31. The minimum atomic E-state index is -4.39. The molecule has 0 amide bonds. The van der Waals surface area contributed by atoms with E-state index in [0.29, 0.717) is 11.6 Å². The summed E-state index contributed by atoms with van der Waals surface area (Å²) in [5.41, 5.74) is -0.701. The summed E-state index contributed by atoms with van der Waals surface area (Å²) in [5.74, 6) is 0.229. The standard InChI is InChI=1S/C14H12BrF3N2S/c1-2-19-12-7-9(14(16,17)18)8-13(20-12)21-11-5-3-10(15)4-6-11/h3-8H,2H2,1H3,(H,19,20). The topological polar surface area (TPSA) is 24.9 Å². The zero-order chi connectivity index (χ0) is 15.5. The SMILES string of the molecule is CCNc1cc(C(F)(F)F)cc(Sc2ccc(Br)cc2)n1. The van der Waals surface area contributed by atoms with Crippen LogP contribution in [0.1, 0.15) is 12.5 Å². The molecule has 1 aromatic heterocycles. The van der Waals surface area contributed by atoms with Crippen molar-refractivity contribution < 1.29 is 13.2 Å². The van der Waals surface area contributed by atoms with E-state index in [1.54, 1.807) is 0 Å². The molecule has 0 unspecified atom stereocenters. The molecule has 0 bridgehead atoms. The number of rotatable bonds is 4. The van der Waals surface area contributed by atoms with Crippen LogP contribution in [0.4, 0.5) is 19.0 Å². The van der Waals surface area contributed by atoms with Gasteiger partial charge in [0, 0.05) is 15.9 Å². The van der Waals surface area contributed by atoms with Crippen LogP contribution in [0.15, 0.2) is 50.8 Å². The molecule has 1 N–H and O–H groups in total. The number of pyridine rings is 1. The number of anilines is 1. The second-order valence-corrected chi connectivity index (χ2v) is 6.17. The third-order valence-electron chi connectivity index (χ3n) is 2.52. The fourth-order valence-corrected chi connectivity index (χ4v) is 2.72. The van der Waals surface area contributed by atoms with Gasteiger partial charge in [-0.3, -0.25) is 0 Å². The van der Waals surface area contributed by atoms with Crippen LogP contribution < -0.4 is 5.32 Å². The Bertz CT molecular complexity index is 615. The smallest absolute Gasteiger partial charge is 0.370 e. The molecule has 0 atom stereocenters. The molecule has 0 spiro atoms. The molecule has 21 heavy (non-hydrogen) atoms. The molecule has 2 nitrogen and oxygen atoms in total. The largest absolute Gasteiger partial charge is 0.416 e. The van der Waals surface area contributed by atoms with Crippen LogP contribution in [0.3, 0.4) is 0 Å². The summed E-state index contributed by atoms with van der Waals surface area (Å²) in [6, 6.07) is 9.40. The van der Waals surface area contributed by atoms with E-state index >= 15 is 0 Å². The zero-order valence-corrected chi connectivity index (χ0v) is 13.4. The molecule has 112 valence electrons. The van der Waals surface area contributed by atoms with Gasteiger partial charge in [-0.2, -0.15) is 13.2 Å². The average molecular weight is 377 g/mol. The Morgan fingerprint density at radius 1 is 1.19 bits per heavy atom. The van der Waals surface area contributed by atoms with Gasteiger partial charge >= 0.3 is 6.18 Å². The van der Waals surface area contributed by atoms with Gasteiger partial charge in [0.15, 0.2) is 0 Å². The maximum atomic E-state index is 12.9. The number of aromatic nitrogens is 1. The average Bonchev–Trinajstić information content (AvgIpc) is 2.41. The minimum Gasteiger partial charge on any atom is -0.370 e. The molecule has 0 radical (unpaired) electrons. The van der Waals surface area contributed by atoms with Gasteiger partial charge < -0.3 is 5.32 Å². The number of hydrogen-bond acceptors (Lipinski definition) is 3. The maximum absolute atomic E-state index is 12.9. The van der Waals surface area contributed by atoms with Crippen LogP contribution >= 0.6 is 27.7 Å². The van der Waals surface area contributed by atoms with Crippen molar-refractivity contribution in [1.29, 1.82) is 0 Å². The quantitative estimate of drug-likeness (QED) is 0.768. The molecule has 0 fully saturated rings. The first-order chi connectivity index (χ1) is 9.88. The Morgan fingerprint density at radius 2 is 1.86 bits per heavy atom. The third-order valence-corrected chi connectivity index (χ3v) is 3.98. The molecule has 0 saturated heterocycles. The summed E-state index contributed by atoms with van der Waals surface area (Å²) in [6.45, 7) is 2.32. The lowest BCUT2D eigenvalue weighted by Crippen LogP contribution is -2.08. The Kier molecular flexibility index (Phi) is 5.16. The van der Waals surface area contributed by atoms with E-state index in [1.165, 1.54) is 11.8 Å². The lowest BCUT2D eigenvalue weighted by atomic mass is 10.2. The Balaban J connectivity index is 2.33. The van der Waals surface area contributed by atoms with E-state index < -0.39 is 11.7 Å². The Labute approximate surface area is 133 Å². The first kappa shape index (κ1) is 16.2. The molecule has 2 rings (SSSR count). The lowest BCUT2D eigenvalue weighted by Gasteiger charge is -2.12. The molecular weight excluding hydrogens is 365 g/mol. The van der Waals surface area contributed by atoms with Gasteiger partial charge in [0.25, 0.3) is 0 Å². The Morgan fingerprint density at radius 3 is 2.43 bits per heavy atom. The number of halogens is 4. The van der Waals surface area contributed by atoms with Crippen LogP contribution in [0.2, 0.25) is 0 Å². The number of nitrogens with one attached hydrogen (secondary N) is 1. The summed E-state index contributed by atoms with van der Waals surface area (Å²) < 4.78 is 39.6. The van der Waals surface area contributed by atoms with Gasteiger partial charge in [-0.05, 0) is 43.3 Å². The van der Waals surface area contributed by atoms with Crippen LogP contribution in [0, 0.1) is 0 Å². The number of hydrogen-bond donors (Lipinski definition) is 1. The molecular formula is C14H12BrF3N2S. The second-order valence-electron chi connectivity index (χ2n) is 4.16. The van der Waals surface area contributed by atoms with Crippen LogP contribution in [-0.2, 0) is 6.18 Å². The summed E-state index contributed by atoms with van der Waals surface area (Å²) in [4.78, 5) is 5.02. The van der Waals surface area contributed by atoms with Crippen molar-refractivity contribution in [1.82, 2.24) is 4.98 Å². The minimum absolute atomic E-state index is 0.229. The van der Waals surface area contributed by atoms with Gasteiger partial charge in [0.2, 0.25) is 0 Å². The molecule has 0 saturated carbocycles. The van der Waals surface area contributed by atoms with Crippen LogP contribution in [0.5, 0.6) is 0 Å². The fourth-order valence-electron chi connectivity index (χ4n) is 1.62. The van der Waals surface area contributed by atoms with E-state index in [0.717, 1.165) is 21.5 Å². The van der Waals surface area contributed by atoms with Crippen molar-refractivity contribution in [2.45, 2.75) is 23.0 Å². The predicted molar refractivity (Wildman–Crippen MR) is 81.7 cm³/mol. The van der Waals surface area contributed by atoms with Crippen molar-refractivity contribution in [3.63, 3.8) is 0 Å². The molecule has 1 heterocycles. The summed E-state index contributed by atoms with van der Waals surface area (Å²) in [7, 11) is 0. The van der Waals surface area contributed by atoms with E-state index in [1.807, 2.05) is 31.2 Å². The van der Waals surface area contributed by atoms with Crippen LogP contribution in [-0.4, -0.2) is 11.5 Å². The first-order valence-electron chi connectivity index (χ1n) is 6.15. The van der Waals surface area contributed by atoms with E-state index in [-0.39, 0.29) is 5.82 Å². The fraction of sp³-hybridized carbons (Fsp3) is 0.214. The monoisotopic (exact) mass is 376 g/mol. The number of alkyl halides is 3. The highest BCUT2D eigenvalue weighted by molar-refractivity contribution is 9.10. The van der Waals surface area contributed by atoms with Crippen molar-refractivity contribution >= 4 is 33.5 Å². The summed E-state index contributed by atoms with van der Waals surface area (Å²) in [5, 5.41) is 3.13. The normalized spacial score (nSPS) is 11.5. The molecule has 7 heteroatoms. The van der Waals surface area contributed by atoms with E-state index in [9.17, 15) is 13.2 Å². The van der Waals surface area contributed by atoms with Crippen molar-refractivity contribution in [3.05, 3.63) is 46.4 Å². The van der Waals surface area contributed by atoms with Crippen molar-refractivity contribution in [2.24, 2.45) is 0 Å². The maximum Gasteiger partial charge on any atom is 0.416 e. The molecule has 2 aromatic rings. The van der Waals surface area contributed by atoms with Gasteiger partial charge in [-0.1, -0.05) is 27.7 Å². The van der Waals surface area contributed by atoms with Crippen LogP contribution in [0.25, 0.3) is 0 Å². The Hall–Kier alpha value is -1.21. The molecule has 0 aliphatic carbocycles. The summed E-state index contributed by atoms with van der Waals surface area (Å²) >= 11 is 4.51. The first-order valence-corrected chi connectivity index (χ1v) is 7.76. The van der Waals surface area contributed by atoms with Gasteiger partial charge in [-0.25, -0.2) is 4.98 Å². The zero-order valence-electron chi connectivity index (χ0n) is 11.0. The van der Waals surface area contributed by atoms with Gasteiger partial charge in [-0.15, -0.1) is 0 Å². The highest BCUT2D eigenvalue weighted by Crippen LogP contribution is 2.35. The van der Waals surface area contributed by atoms with Crippen molar-refractivity contribution in [3.8, 4) is 0 Å². The van der Waals surface area contributed by atoms with Gasteiger partial charge in [0.1, 0.15) is 10.8 Å². The molecule has 0 aliphatic rings. The predicted octanol–water partition coefficient (Wildman–Crippen LogP) is 5.45. The highest BCUT2D eigenvalue weighted by atomic mass is 79.9. The summed E-state index contributed by atoms with van der Waals surface area (Å²) in [6.07, 6.45) is -4.39. The van der Waals surface area contributed by atoms with Gasteiger partial charge in [0.05, 0.1) is 5.56 Å². The van der Waals surface area contributed by atoms with E-state index in [2.05, 4.69) is 26.2 Å². The number of benzene rings is 1. The number of nitrogens with zero attached hydrogens (tertiary/aromatic N) is 1. The van der Waals surface area contributed by atoms with Crippen molar-refractivity contribution in [2.75, 3.05) is 11.9 Å².